The number of para-hydroxylation sites is 3. The highest BCUT2D eigenvalue weighted by Gasteiger charge is 2.15. The molecule has 34 heavy (non-hydrogen) atoms. The van der Waals surface area contributed by atoms with E-state index in [0.717, 1.165) is 67.3 Å². The zero-order valence-electron chi connectivity index (χ0n) is 18.5. The van der Waals surface area contributed by atoms with Gasteiger partial charge in [0.25, 0.3) is 0 Å². The van der Waals surface area contributed by atoms with Crippen LogP contribution >= 0.6 is 23.4 Å². The summed E-state index contributed by atoms with van der Waals surface area (Å²) in [5.74, 6) is 2.53. The summed E-state index contributed by atoms with van der Waals surface area (Å²) >= 11 is 7.80. The van der Waals surface area contributed by atoms with E-state index >= 15 is 0 Å². The number of aromatic nitrogens is 6. The van der Waals surface area contributed by atoms with Crippen molar-refractivity contribution in [3.05, 3.63) is 95.0 Å². The molecule has 0 aliphatic carbocycles. The third-order valence-corrected chi connectivity index (χ3v) is 7.09. The van der Waals surface area contributed by atoms with Crippen molar-refractivity contribution < 1.29 is 0 Å². The molecule has 0 radical (unpaired) electrons. The average molecular weight is 485 g/mol. The van der Waals surface area contributed by atoms with E-state index < -0.39 is 0 Å². The van der Waals surface area contributed by atoms with E-state index in [9.17, 15) is 0 Å². The second-order valence-corrected chi connectivity index (χ2v) is 9.52. The van der Waals surface area contributed by atoms with Gasteiger partial charge in [0.05, 0.1) is 16.6 Å². The summed E-state index contributed by atoms with van der Waals surface area (Å²) in [6.07, 6.45) is 0.704. The molecule has 0 aliphatic heterocycles. The number of nitrogens with zero attached hydrogens (tertiary/aromatic N) is 6. The first-order chi connectivity index (χ1) is 16.7. The molecule has 0 spiro atoms. The summed E-state index contributed by atoms with van der Waals surface area (Å²) in [6.45, 7) is 2.80. The average Bonchev–Trinajstić information content (AvgIpc) is 3.42. The molecule has 0 amide bonds. The van der Waals surface area contributed by atoms with Gasteiger partial charge in [-0.15, -0.1) is 5.10 Å². The lowest BCUT2D eigenvalue weighted by molar-refractivity contribution is 0.662. The molecule has 3 aromatic carbocycles. The molecule has 3 heterocycles. The van der Waals surface area contributed by atoms with Gasteiger partial charge in [0.2, 0.25) is 0 Å². The second kappa shape index (κ2) is 8.74. The van der Waals surface area contributed by atoms with Gasteiger partial charge in [-0.3, -0.25) is 0 Å². The van der Waals surface area contributed by atoms with Crippen molar-refractivity contribution in [2.45, 2.75) is 30.8 Å². The Morgan fingerprint density at radius 1 is 0.882 bits per heavy atom. The fourth-order valence-electron chi connectivity index (χ4n) is 4.24. The van der Waals surface area contributed by atoms with Crippen LogP contribution in [0.15, 0.2) is 78.0 Å². The molecule has 0 atom stereocenters. The quantitative estimate of drug-likeness (QED) is 0.210. The van der Waals surface area contributed by atoms with Crippen LogP contribution in [0, 0.1) is 6.92 Å². The Bertz CT molecular complexity index is 1650. The highest BCUT2D eigenvalue weighted by molar-refractivity contribution is 7.98. The Morgan fingerprint density at radius 2 is 1.71 bits per heavy atom. The van der Waals surface area contributed by atoms with Gasteiger partial charge in [0, 0.05) is 29.1 Å². The first-order valence-corrected chi connectivity index (χ1v) is 12.5. The lowest BCUT2D eigenvalue weighted by Gasteiger charge is -2.06. The number of imidazole rings is 1. The minimum absolute atomic E-state index is 0.704. The van der Waals surface area contributed by atoms with Gasteiger partial charge in [-0.25, -0.2) is 15.0 Å². The van der Waals surface area contributed by atoms with Crippen molar-refractivity contribution in [2.75, 3.05) is 0 Å². The third kappa shape index (κ3) is 3.91. The van der Waals surface area contributed by atoms with E-state index in [1.54, 1.807) is 11.8 Å². The Balaban J connectivity index is 1.35. The lowest BCUT2D eigenvalue weighted by atomic mass is 10.2. The molecule has 8 heteroatoms. The van der Waals surface area contributed by atoms with Gasteiger partial charge < -0.3 is 4.57 Å². The Hall–Kier alpha value is -3.42. The largest absolute Gasteiger partial charge is 0.328 e. The van der Waals surface area contributed by atoms with Crippen molar-refractivity contribution in [1.29, 1.82) is 0 Å². The van der Waals surface area contributed by atoms with Crippen LogP contribution in [0.1, 0.15) is 17.2 Å². The first-order valence-electron chi connectivity index (χ1n) is 11.1. The Morgan fingerprint density at radius 3 is 2.59 bits per heavy atom. The Kier molecular flexibility index (Phi) is 5.43. The molecule has 0 N–H and O–H groups in total. The van der Waals surface area contributed by atoms with Gasteiger partial charge in [0.1, 0.15) is 5.82 Å². The molecule has 6 aromatic rings. The van der Waals surface area contributed by atoms with Crippen molar-refractivity contribution in [3.63, 3.8) is 0 Å². The number of aryl methyl sites for hydroxylation is 3. The molecule has 168 valence electrons. The van der Waals surface area contributed by atoms with Crippen LogP contribution < -0.4 is 0 Å². The van der Waals surface area contributed by atoms with E-state index in [1.165, 1.54) is 0 Å². The van der Waals surface area contributed by atoms with Gasteiger partial charge in [-0.2, -0.15) is 4.52 Å². The highest BCUT2D eigenvalue weighted by atomic mass is 35.5. The second-order valence-electron chi connectivity index (χ2n) is 8.14. The van der Waals surface area contributed by atoms with E-state index in [4.69, 9.17) is 26.7 Å². The van der Waals surface area contributed by atoms with Crippen LogP contribution in [0.5, 0.6) is 0 Å². The fourth-order valence-corrected chi connectivity index (χ4v) is 5.34. The molecule has 0 aliphatic rings. The Labute approximate surface area is 205 Å². The topological polar surface area (TPSA) is 60.9 Å². The molecular formula is C26H21ClN6S. The molecule has 0 saturated heterocycles. The molecule has 6 rings (SSSR count). The van der Waals surface area contributed by atoms with E-state index in [2.05, 4.69) is 27.8 Å². The van der Waals surface area contributed by atoms with E-state index in [0.29, 0.717) is 6.42 Å². The third-order valence-electron chi connectivity index (χ3n) is 5.85. The number of hydrogen-bond donors (Lipinski definition) is 0. The van der Waals surface area contributed by atoms with Crippen molar-refractivity contribution in [3.8, 4) is 0 Å². The minimum Gasteiger partial charge on any atom is -0.328 e. The molecule has 0 bridgehead atoms. The maximum atomic E-state index is 6.17. The molecule has 0 unspecified atom stereocenters. The number of benzene rings is 3. The van der Waals surface area contributed by atoms with Crippen LogP contribution in [-0.2, 0) is 18.7 Å². The zero-order valence-corrected chi connectivity index (χ0v) is 20.1. The molecule has 6 nitrogen and oxygen atoms in total. The van der Waals surface area contributed by atoms with Crippen LogP contribution in [0.4, 0.5) is 0 Å². The molecular weight excluding hydrogens is 464 g/mol. The lowest BCUT2D eigenvalue weighted by Crippen LogP contribution is -2.05. The van der Waals surface area contributed by atoms with E-state index in [1.807, 2.05) is 66.0 Å². The van der Waals surface area contributed by atoms with Crippen LogP contribution in [0.25, 0.3) is 27.6 Å². The minimum atomic E-state index is 0.704. The maximum absolute atomic E-state index is 6.17. The van der Waals surface area contributed by atoms with Crippen molar-refractivity contribution in [2.24, 2.45) is 0 Å². The van der Waals surface area contributed by atoms with E-state index in [-0.39, 0.29) is 0 Å². The normalized spacial score (nSPS) is 11.7. The van der Waals surface area contributed by atoms with Crippen molar-refractivity contribution in [1.82, 2.24) is 29.1 Å². The fraction of sp³-hybridized carbons (Fsp3) is 0.154. The summed E-state index contributed by atoms with van der Waals surface area (Å²) in [7, 11) is 0. The molecule has 0 saturated carbocycles. The van der Waals surface area contributed by atoms with Gasteiger partial charge in [0.15, 0.2) is 16.6 Å². The van der Waals surface area contributed by atoms with Crippen LogP contribution in [0.2, 0.25) is 5.02 Å². The number of thioether (sulfide) groups is 1. The summed E-state index contributed by atoms with van der Waals surface area (Å²) in [6, 6.07) is 24.2. The number of halogens is 1. The van der Waals surface area contributed by atoms with Gasteiger partial charge in [-0.05, 0) is 48.9 Å². The zero-order chi connectivity index (χ0) is 23.1. The highest BCUT2D eigenvalue weighted by Crippen LogP contribution is 2.27. The smallest absolute Gasteiger partial charge is 0.191 e. The summed E-state index contributed by atoms with van der Waals surface area (Å²) in [5.41, 5.74) is 5.04. The maximum Gasteiger partial charge on any atom is 0.191 e. The van der Waals surface area contributed by atoms with Crippen LogP contribution in [0.3, 0.4) is 0 Å². The van der Waals surface area contributed by atoms with Crippen LogP contribution in [-0.4, -0.2) is 29.1 Å². The predicted octanol–water partition coefficient (Wildman–Crippen LogP) is 6.12. The predicted molar refractivity (Wildman–Crippen MR) is 137 cm³/mol. The molecule has 0 fully saturated rings. The monoisotopic (exact) mass is 484 g/mol. The van der Waals surface area contributed by atoms with Crippen molar-refractivity contribution >= 4 is 50.9 Å². The summed E-state index contributed by atoms with van der Waals surface area (Å²) < 4.78 is 4.11. The molecule has 3 aromatic heterocycles. The van der Waals surface area contributed by atoms with Gasteiger partial charge >= 0.3 is 0 Å². The SMILES string of the molecule is Cc1nc2ccccc2n1CCc1nc2c3ccccc3nc(SCc3cccc(Cl)c3)n2n1. The first kappa shape index (κ1) is 21.1. The van der Waals surface area contributed by atoms with Gasteiger partial charge in [-0.1, -0.05) is 59.8 Å². The number of rotatable bonds is 6. The number of fused-ring (bicyclic) bond motifs is 4. The summed E-state index contributed by atoms with van der Waals surface area (Å²) in [5, 5.41) is 7.41. The number of hydrogen-bond acceptors (Lipinski definition) is 5. The standard InChI is InChI=1S/C26H21ClN6S/c1-17-28-22-11-4-5-12-23(22)32(17)14-13-24-30-25-20-9-2-3-10-21(20)29-26(33(25)31-24)34-16-18-7-6-8-19(27)15-18/h2-12,15H,13-14,16H2,1H3. The summed E-state index contributed by atoms with van der Waals surface area (Å²) in [4.78, 5) is 14.5.